The van der Waals surface area contributed by atoms with E-state index in [1.165, 1.54) is 0 Å². The quantitative estimate of drug-likeness (QED) is 0.771. The maximum atomic E-state index is 12.3. The molecule has 3 nitrogen and oxygen atoms in total. The predicted octanol–water partition coefficient (Wildman–Crippen LogP) is 2.85. The average Bonchev–Trinajstić information content (AvgIpc) is 2.38. The first kappa shape index (κ1) is 13.2. The molecule has 1 atom stereocenters. The molecular weight excluding hydrogens is 250 g/mol. The van der Waals surface area contributed by atoms with Crippen LogP contribution in [-0.4, -0.2) is 36.4 Å². The first-order chi connectivity index (χ1) is 8.61. The van der Waals surface area contributed by atoms with Gasteiger partial charge in [-0.15, -0.1) is 11.6 Å². The number of halogens is 1. The molecule has 18 heavy (non-hydrogen) atoms. The number of piperidine rings is 1. The summed E-state index contributed by atoms with van der Waals surface area (Å²) < 4.78 is 5.25. The number of rotatable bonds is 2. The summed E-state index contributed by atoms with van der Waals surface area (Å²) in [6.45, 7) is 3.39. The number of aryl methyl sites for hydroxylation is 1. The second-order valence-corrected chi connectivity index (χ2v) is 5.29. The fraction of sp³-hybridized carbons (Fsp3) is 0.500. The van der Waals surface area contributed by atoms with E-state index in [0.29, 0.717) is 12.1 Å². The van der Waals surface area contributed by atoms with Gasteiger partial charge in [0.2, 0.25) is 0 Å². The number of alkyl halides is 1. The molecule has 1 aliphatic rings. The SMILES string of the molecule is COc1cc(C(=O)N2CCCC(Cl)C2)ccc1C. The normalized spacial score (nSPS) is 19.7. The van der Waals surface area contributed by atoms with Gasteiger partial charge < -0.3 is 9.64 Å². The van der Waals surface area contributed by atoms with E-state index in [0.717, 1.165) is 30.7 Å². The largest absolute Gasteiger partial charge is 0.496 e. The van der Waals surface area contributed by atoms with Crippen LogP contribution in [0.1, 0.15) is 28.8 Å². The van der Waals surface area contributed by atoms with Crippen LogP contribution in [0, 0.1) is 6.92 Å². The summed E-state index contributed by atoms with van der Waals surface area (Å²) in [6.07, 6.45) is 1.96. The highest BCUT2D eigenvalue weighted by molar-refractivity contribution is 6.21. The Morgan fingerprint density at radius 1 is 1.50 bits per heavy atom. The number of carbonyl (C=O) groups excluding carboxylic acids is 1. The summed E-state index contributed by atoms with van der Waals surface area (Å²) in [7, 11) is 1.62. The van der Waals surface area contributed by atoms with E-state index in [4.69, 9.17) is 16.3 Å². The molecule has 0 N–H and O–H groups in total. The Balaban J connectivity index is 2.17. The Morgan fingerprint density at radius 3 is 2.94 bits per heavy atom. The van der Waals surface area contributed by atoms with Crippen molar-refractivity contribution in [3.8, 4) is 5.75 Å². The Hall–Kier alpha value is -1.22. The van der Waals surface area contributed by atoms with Crippen molar-refractivity contribution < 1.29 is 9.53 Å². The maximum absolute atomic E-state index is 12.3. The third-order valence-corrected chi connectivity index (χ3v) is 3.66. The molecule has 0 spiro atoms. The molecule has 2 rings (SSSR count). The summed E-state index contributed by atoms with van der Waals surface area (Å²) in [5, 5.41) is 0.0787. The minimum absolute atomic E-state index is 0.0404. The Morgan fingerprint density at radius 2 is 2.28 bits per heavy atom. The lowest BCUT2D eigenvalue weighted by molar-refractivity contribution is 0.0726. The van der Waals surface area contributed by atoms with E-state index in [1.807, 2.05) is 24.0 Å². The van der Waals surface area contributed by atoms with Gasteiger partial charge in [0, 0.05) is 18.7 Å². The number of nitrogens with zero attached hydrogens (tertiary/aromatic N) is 1. The second kappa shape index (κ2) is 5.61. The van der Waals surface area contributed by atoms with Gasteiger partial charge in [-0.25, -0.2) is 0 Å². The van der Waals surface area contributed by atoms with Crippen LogP contribution in [0.3, 0.4) is 0 Å². The number of likely N-dealkylation sites (tertiary alicyclic amines) is 1. The van der Waals surface area contributed by atoms with Crippen LogP contribution in [0.15, 0.2) is 18.2 Å². The molecule has 1 saturated heterocycles. The summed E-state index contributed by atoms with van der Waals surface area (Å²) in [5.74, 6) is 0.791. The molecular formula is C14H18ClNO2. The van der Waals surface area contributed by atoms with Crippen molar-refractivity contribution in [2.45, 2.75) is 25.1 Å². The zero-order chi connectivity index (χ0) is 13.1. The van der Waals surface area contributed by atoms with E-state index >= 15 is 0 Å². The topological polar surface area (TPSA) is 29.5 Å². The predicted molar refractivity (Wildman–Crippen MR) is 72.5 cm³/mol. The number of hydrogen-bond acceptors (Lipinski definition) is 2. The molecule has 1 amide bonds. The highest BCUT2D eigenvalue weighted by Crippen LogP contribution is 2.22. The van der Waals surface area contributed by atoms with Crippen LogP contribution in [0.2, 0.25) is 0 Å². The summed E-state index contributed by atoms with van der Waals surface area (Å²) in [6, 6.07) is 5.56. The van der Waals surface area contributed by atoms with Crippen LogP contribution in [-0.2, 0) is 0 Å². The lowest BCUT2D eigenvalue weighted by Gasteiger charge is -2.30. The number of benzene rings is 1. The van der Waals surface area contributed by atoms with E-state index in [2.05, 4.69) is 0 Å². The van der Waals surface area contributed by atoms with Crippen LogP contribution in [0.5, 0.6) is 5.75 Å². The Bertz CT molecular complexity index is 447. The number of carbonyl (C=O) groups is 1. The first-order valence-corrected chi connectivity index (χ1v) is 6.63. The molecule has 98 valence electrons. The van der Waals surface area contributed by atoms with Gasteiger partial charge in [0.05, 0.1) is 12.5 Å². The van der Waals surface area contributed by atoms with Gasteiger partial charge in [-0.1, -0.05) is 6.07 Å². The van der Waals surface area contributed by atoms with E-state index in [9.17, 15) is 4.79 Å². The monoisotopic (exact) mass is 267 g/mol. The zero-order valence-corrected chi connectivity index (χ0v) is 11.5. The number of methoxy groups -OCH3 is 1. The van der Waals surface area contributed by atoms with Gasteiger partial charge in [-0.2, -0.15) is 0 Å². The van der Waals surface area contributed by atoms with Crippen molar-refractivity contribution >= 4 is 17.5 Å². The van der Waals surface area contributed by atoms with E-state index < -0.39 is 0 Å². The highest BCUT2D eigenvalue weighted by atomic mass is 35.5. The fourth-order valence-corrected chi connectivity index (χ4v) is 2.57. The third kappa shape index (κ3) is 2.78. The molecule has 1 aromatic rings. The molecule has 0 aliphatic carbocycles. The molecule has 0 radical (unpaired) electrons. The van der Waals surface area contributed by atoms with Crippen LogP contribution < -0.4 is 4.74 Å². The van der Waals surface area contributed by atoms with Gasteiger partial charge in [0.1, 0.15) is 5.75 Å². The molecule has 0 bridgehead atoms. The van der Waals surface area contributed by atoms with Gasteiger partial charge in [0.15, 0.2) is 0 Å². The molecule has 1 aromatic carbocycles. The Kier molecular flexibility index (Phi) is 4.12. The zero-order valence-electron chi connectivity index (χ0n) is 10.8. The van der Waals surface area contributed by atoms with Gasteiger partial charge in [-0.3, -0.25) is 4.79 Å². The average molecular weight is 268 g/mol. The van der Waals surface area contributed by atoms with Crippen LogP contribution in [0.4, 0.5) is 0 Å². The van der Waals surface area contributed by atoms with Crippen molar-refractivity contribution in [3.63, 3.8) is 0 Å². The lowest BCUT2D eigenvalue weighted by atomic mass is 10.1. The summed E-state index contributed by atoms with van der Waals surface area (Å²) in [5.41, 5.74) is 1.70. The smallest absolute Gasteiger partial charge is 0.254 e. The van der Waals surface area contributed by atoms with E-state index in [1.54, 1.807) is 13.2 Å². The molecule has 1 heterocycles. The minimum Gasteiger partial charge on any atom is -0.496 e. The number of ether oxygens (including phenoxy) is 1. The number of hydrogen-bond donors (Lipinski definition) is 0. The lowest BCUT2D eigenvalue weighted by Crippen LogP contribution is -2.40. The molecule has 0 saturated carbocycles. The van der Waals surface area contributed by atoms with Crippen LogP contribution in [0.25, 0.3) is 0 Å². The third-order valence-electron chi connectivity index (χ3n) is 3.31. The van der Waals surface area contributed by atoms with Crippen molar-refractivity contribution in [2.75, 3.05) is 20.2 Å². The van der Waals surface area contributed by atoms with Crippen molar-refractivity contribution in [1.29, 1.82) is 0 Å². The first-order valence-electron chi connectivity index (χ1n) is 6.20. The van der Waals surface area contributed by atoms with Gasteiger partial charge in [0.25, 0.3) is 5.91 Å². The second-order valence-electron chi connectivity index (χ2n) is 4.68. The van der Waals surface area contributed by atoms with Crippen molar-refractivity contribution in [3.05, 3.63) is 29.3 Å². The highest BCUT2D eigenvalue weighted by Gasteiger charge is 2.23. The van der Waals surface area contributed by atoms with E-state index in [-0.39, 0.29) is 11.3 Å². The van der Waals surface area contributed by atoms with Crippen LogP contribution >= 0.6 is 11.6 Å². The van der Waals surface area contributed by atoms with Crippen molar-refractivity contribution in [2.24, 2.45) is 0 Å². The van der Waals surface area contributed by atoms with Gasteiger partial charge in [-0.05, 0) is 37.5 Å². The molecule has 1 aliphatic heterocycles. The fourth-order valence-electron chi connectivity index (χ4n) is 2.25. The maximum Gasteiger partial charge on any atom is 0.254 e. The summed E-state index contributed by atoms with van der Waals surface area (Å²) >= 11 is 6.11. The molecule has 1 fully saturated rings. The molecule has 0 aromatic heterocycles. The molecule has 1 unspecified atom stereocenters. The standard InChI is InChI=1S/C14H18ClNO2/c1-10-5-6-11(8-13(10)18-2)14(17)16-7-3-4-12(15)9-16/h5-6,8,12H,3-4,7,9H2,1-2H3. The van der Waals surface area contributed by atoms with Gasteiger partial charge >= 0.3 is 0 Å². The minimum atomic E-state index is 0.0404. The Labute approximate surface area is 113 Å². The summed E-state index contributed by atoms with van der Waals surface area (Å²) in [4.78, 5) is 14.2. The van der Waals surface area contributed by atoms with Crippen molar-refractivity contribution in [1.82, 2.24) is 4.90 Å². The number of amides is 1. The molecule has 4 heteroatoms.